The number of nitrogens with one attached hydrogen (secondary N) is 4. The topological polar surface area (TPSA) is 256 Å². The molecule has 4 aliphatic rings. The fraction of sp³-hybridized carbons (Fsp3) is 0.468. The Morgan fingerprint density at radius 2 is 1.77 bits per heavy atom. The van der Waals surface area contributed by atoms with Crippen molar-refractivity contribution in [2.24, 2.45) is 11.1 Å². The average Bonchev–Trinajstić information content (AvgIpc) is 3.56. The van der Waals surface area contributed by atoms with Crippen LogP contribution in [0, 0.1) is 5.41 Å². The Bertz CT molecular complexity index is 2350. The number of carboxylic acids is 1. The smallest absolute Gasteiger partial charge is 0.319 e. The van der Waals surface area contributed by atoms with Crippen LogP contribution >= 0.6 is 0 Å². The summed E-state index contributed by atoms with van der Waals surface area (Å²) in [6.07, 6.45) is 5.44. The number of pyridine rings is 1. The fourth-order valence-electron chi connectivity index (χ4n) is 9.45. The number of aromatic nitrogens is 3. The minimum Gasteiger partial charge on any atom is -0.488 e. The second-order valence-corrected chi connectivity index (χ2v) is 17.7. The molecule has 19 heteroatoms. The van der Waals surface area contributed by atoms with Crippen LogP contribution < -0.4 is 52.0 Å². The number of hydrogen-bond donors (Lipinski definition) is 7. The zero-order valence-corrected chi connectivity index (χ0v) is 37.3. The highest BCUT2D eigenvalue weighted by molar-refractivity contribution is 6.05. The zero-order chi connectivity index (χ0) is 46.2. The first kappa shape index (κ1) is 45.8. The number of urea groups is 1. The molecule has 4 amide bonds. The highest BCUT2D eigenvalue weighted by Crippen LogP contribution is 2.42. The number of nitrogen functional groups attached to an aromatic ring is 1. The number of carbonyl (C=O) groups is 4. The van der Waals surface area contributed by atoms with Gasteiger partial charge in [0.15, 0.2) is 5.82 Å². The van der Waals surface area contributed by atoms with Gasteiger partial charge in [0.2, 0.25) is 17.7 Å². The molecule has 3 saturated heterocycles. The molecule has 9 N–H and O–H groups in total. The number of anilines is 4. The van der Waals surface area contributed by atoms with E-state index >= 15 is 0 Å². The number of piperazine rings is 2. The van der Waals surface area contributed by atoms with Crippen LogP contribution in [0.3, 0.4) is 0 Å². The van der Waals surface area contributed by atoms with Crippen molar-refractivity contribution >= 4 is 46.7 Å². The van der Waals surface area contributed by atoms with Gasteiger partial charge in [0.05, 0.1) is 11.4 Å². The van der Waals surface area contributed by atoms with E-state index in [0.717, 1.165) is 74.6 Å². The number of aliphatic carboxylic acids is 1. The van der Waals surface area contributed by atoms with Gasteiger partial charge < -0.3 is 57.1 Å². The van der Waals surface area contributed by atoms with Crippen LogP contribution in [0.25, 0.3) is 11.3 Å². The Hall–Kier alpha value is -6.73. The van der Waals surface area contributed by atoms with E-state index in [1.807, 2.05) is 48.7 Å². The summed E-state index contributed by atoms with van der Waals surface area (Å²) in [5.74, 6) is -0.801. The molecule has 1 aliphatic carbocycles. The molecule has 8 rings (SSSR count). The number of primary amides is 1. The van der Waals surface area contributed by atoms with E-state index in [4.69, 9.17) is 20.9 Å². The van der Waals surface area contributed by atoms with Gasteiger partial charge in [0.1, 0.15) is 30.4 Å². The summed E-state index contributed by atoms with van der Waals surface area (Å²) in [5, 5.41) is 30.0. The van der Waals surface area contributed by atoms with Gasteiger partial charge in [-0.15, -0.1) is 10.2 Å². The molecule has 5 heterocycles. The largest absolute Gasteiger partial charge is 0.488 e. The van der Waals surface area contributed by atoms with E-state index < -0.39 is 35.3 Å². The van der Waals surface area contributed by atoms with Crippen molar-refractivity contribution in [2.45, 2.75) is 82.6 Å². The van der Waals surface area contributed by atoms with Crippen LogP contribution in [-0.4, -0.2) is 126 Å². The van der Waals surface area contributed by atoms with Gasteiger partial charge in [0, 0.05) is 93.1 Å². The summed E-state index contributed by atoms with van der Waals surface area (Å²) < 4.78 is 12.5. The van der Waals surface area contributed by atoms with E-state index in [-0.39, 0.29) is 44.5 Å². The molecule has 3 aliphatic heterocycles. The first-order valence-corrected chi connectivity index (χ1v) is 22.9. The van der Waals surface area contributed by atoms with Gasteiger partial charge >= 0.3 is 12.0 Å². The third-order valence-electron chi connectivity index (χ3n) is 13.3. The lowest BCUT2D eigenvalue weighted by atomic mass is 9.68. The van der Waals surface area contributed by atoms with E-state index in [2.05, 4.69) is 70.2 Å². The number of nitrogens with zero attached hydrogens (tertiary/aromatic N) is 6. The van der Waals surface area contributed by atoms with Gasteiger partial charge in [-0.2, -0.15) is 0 Å². The van der Waals surface area contributed by atoms with Crippen molar-refractivity contribution in [3.8, 4) is 22.9 Å². The quantitative estimate of drug-likeness (QED) is 0.0526. The van der Waals surface area contributed by atoms with Crippen molar-refractivity contribution in [1.82, 2.24) is 36.0 Å². The number of amides is 4. The van der Waals surface area contributed by atoms with Crippen molar-refractivity contribution in [2.75, 3.05) is 73.3 Å². The molecule has 2 aromatic heterocycles. The minimum absolute atomic E-state index is 0.150. The molecule has 1 saturated carbocycles. The lowest BCUT2D eigenvalue weighted by Crippen LogP contribution is -2.55. The molecule has 4 atom stereocenters. The Labute approximate surface area is 384 Å². The summed E-state index contributed by atoms with van der Waals surface area (Å²) in [6.45, 7) is 8.65. The van der Waals surface area contributed by atoms with Gasteiger partial charge in [-0.25, -0.2) is 9.78 Å². The van der Waals surface area contributed by atoms with E-state index in [0.29, 0.717) is 54.3 Å². The molecule has 2 bridgehead atoms. The first-order valence-electron chi connectivity index (χ1n) is 22.9. The van der Waals surface area contributed by atoms with Crippen LogP contribution in [0.5, 0.6) is 11.6 Å². The summed E-state index contributed by atoms with van der Waals surface area (Å²) >= 11 is 0. The number of para-hydroxylation sites is 1. The lowest BCUT2D eigenvalue weighted by molar-refractivity contribution is -0.162. The number of fused-ring (bicyclic) bond motifs is 2. The maximum Gasteiger partial charge on any atom is 0.319 e. The first-order chi connectivity index (χ1) is 32.0. The molecule has 0 spiro atoms. The second-order valence-electron chi connectivity index (χ2n) is 17.7. The van der Waals surface area contributed by atoms with Gasteiger partial charge in [-0.3, -0.25) is 19.3 Å². The highest BCUT2D eigenvalue weighted by atomic mass is 16.5. The van der Waals surface area contributed by atoms with Crippen LogP contribution in [0.15, 0.2) is 72.9 Å². The van der Waals surface area contributed by atoms with Crippen molar-refractivity contribution in [3.05, 3.63) is 78.5 Å². The summed E-state index contributed by atoms with van der Waals surface area (Å²) in [5.41, 5.74) is 14.8. The van der Waals surface area contributed by atoms with Crippen LogP contribution in [0.4, 0.5) is 27.7 Å². The molecule has 4 fully saturated rings. The maximum absolute atomic E-state index is 13.4. The molecule has 2 aromatic carbocycles. The summed E-state index contributed by atoms with van der Waals surface area (Å²) in [4.78, 5) is 61.5. The van der Waals surface area contributed by atoms with Gasteiger partial charge in [-0.1, -0.05) is 30.7 Å². The maximum atomic E-state index is 13.4. The fourth-order valence-corrected chi connectivity index (χ4v) is 9.45. The number of ether oxygens (including phenoxy) is 2. The van der Waals surface area contributed by atoms with E-state index in [9.17, 15) is 24.3 Å². The zero-order valence-electron chi connectivity index (χ0n) is 37.3. The van der Waals surface area contributed by atoms with Crippen molar-refractivity contribution in [1.29, 1.82) is 0 Å². The minimum atomic E-state index is -1.55. The third kappa shape index (κ3) is 10.5. The average molecular weight is 905 g/mol. The summed E-state index contributed by atoms with van der Waals surface area (Å²) in [7, 11) is 0. The molecular formula is C47H60N12O7. The molecule has 3 unspecified atom stereocenters. The Morgan fingerprint density at radius 1 is 1.00 bits per heavy atom. The SMILES string of the molecule is C[C@@H]1CNCCN1CCOc1cc(N2C3CCC2CN(c2cc(-c4ccccc4OCc4ccc(NC(=O)C(CCCNC(N)=O)NC(=O)C5(C(=O)O)CCC5)cc4)nnc2N)C3)ccn1. The van der Waals surface area contributed by atoms with Crippen LogP contribution in [-0.2, 0) is 21.0 Å². The molecule has 350 valence electrons. The van der Waals surface area contributed by atoms with E-state index in [1.165, 1.54) is 0 Å². The number of carboxylic acid groups (broad SMARTS) is 1. The Kier molecular flexibility index (Phi) is 14.3. The number of carbonyl (C=O) groups excluding carboxylic acids is 3. The second kappa shape index (κ2) is 20.6. The highest BCUT2D eigenvalue weighted by Gasteiger charge is 2.52. The number of hydrogen-bond acceptors (Lipinski definition) is 14. The van der Waals surface area contributed by atoms with Crippen molar-refractivity contribution < 1.29 is 33.8 Å². The molecule has 19 nitrogen and oxygen atoms in total. The van der Waals surface area contributed by atoms with Crippen molar-refractivity contribution in [3.63, 3.8) is 0 Å². The predicted molar refractivity (Wildman–Crippen MR) is 249 cm³/mol. The number of rotatable bonds is 19. The summed E-state index contributed by atoms with van der Waals surface area (Å²) in [6, 6.07) is 20.1. The Morgan fingerprint density at radius 3 is 2.48 bits per heavy atom. The number of benzene rings is 2. The number of nitrogens with two attached hydrogens (primary N) is 2. The molecular weight excluding hydrogens is 845 g/mol. The lowest BCUT2D eigenvalue weighted by Gasteiger charge is -2.43. The monoisotopic (exact) mass is 904 g/mol. The van der Waals surface area contributed by atoms with Crippen LogP contribution in [0.1, 0.15) is 57.4 Å². The Balaban J connectivity index is 0.879. The molecule has 4 aromatic rings. The normalized spacial score (nSPS) is 20.4. The standard InChI is InChI=1S/C47H60N12O7/c1-30-26-50-20-21-57(30)22-23-65-41-24-33(15-19-51-41)59-34-13-14-35(59)28-58(27-34)39-25-38(55-56-42(39)48)36-6-2-3-8-40(36)66-29-31-9-11-32(12-10-31)53-43(60)37(7-4-18-52-46(49)64)54-44(61)47(45(62)63)16-5-17-47/h2-3,6,8-12,15,19,24-25,30,34-35,37,50H,4-5,7,13-14,16-18,20-23,26-29H2,1H3,(H2,48,56)(H,53,60)(H,54,61)(H,62,63)(H3,49,52,64)/t30-,34?,35?,37?/m1/s1. The molecule has 0 radical (unpaired) electrons. The molecule has 66 heavy (non-hydrogen) atoms. The predicted octanol–water partition coefficient (Wildman–Crippen LogP) is 3.36. The van der Waals surface area contributed by atoms with Crippen LogP contribution in [0.2, 0.25) is 0 Å². The van der Waals surface area contributed by atoms with E-state index in [1.54, 1.807) is 12.1 Å². The third-order valence-corrected chi connectivity index (χ3v) is 13.3. The van der Waals surface area contributed by atoms with Gasteiger partial charge in [0.25, 0.3) is 0 Å². The van der Waals surface area contributed by atoms with Gasteiger partial charge in [-0.05, 0) is 87.4 Å².